The standard InChI is InChI=1S/C14H21N5OS/c1-5-15-10-6-11(19-12(18-10)14(2,3)4)16-7-9-8-21-13(20)17-9/h6,8H,5,7H2,1-4H3,(H,17,20)(H2,15,16,18,19). The van der Waals surface area contributed by atoms with E-state index in [9.17, 15) is 4.79 Å². The number of aromatic amines is 1. The largest absolute Gasteiger partial charge is 0.370 e. The van der Waals surface area contributed by atoms with Crippen molar-refractivity contribution in [3.8, 4) is 0 Å². The van der Waals surface area contributed by atoms with Gasteiger partial charge >= 0.3 is 4.87 Å². The summed E-state index contributed by atoms with van der Waals surface area (Å²) in [6.45, 7) is 9.61. The van der Waals surface area contributed by atoms with Gasteiger partial charge in [0.2, 0.25) is 0 Å². The molecule has 2 heterocycles. The molecular weight excluding hydrogens is 286 g/mol. The number of rotatable bonds is 5. The molecule has 0 bridgehead atoms. The number of anilines is 2. The van der Waals surface area contributed by atoms with Crippen molar-refractivity contribution >= 4 is 23.0 Å². The van der Waals surface area contributed by atoms with Crippen LogP contribution >= 0.6 is 11.3 Å². The second-order valence-electron chi connectivity index (χ2n) is 5.77. The summed E-state index contributed by atoms with van der Waals surface area (Å²) in [6, 6.07) is 1.88. The first-order valence-corrected chi connectivity index (χ1v) is 7.80. The second kappa shape index (κ2) is 6.26. The maximum absolute atomic E-state index is 11.1. The molecule has 21 heavy (non-hydrogen) atoms. The first-order valence-electron chi connectivity index (χ1n) is 6.92. The molecule has 0 saturated heterocycles. The molecule has 0 aromatic carbocycles. The van der Waals surface area contributed by atoms with Crippen LogP contribution in [-0.2, 0) is 12.0 Å². The smallest absolute Gasteiger partial charge is 0.304 e. The molecule has 2 aromatic rings. The molecule has 0 amide bonds. The van der Waals surface area contributed by atoms with Gasteiger partial charge in [-0.2, -0.15) is 0 Å². The maximum Gasteiger partial charge on any atom is 0.304 e. The molecule has 0 aliphatic carbocycles. The van der Waals surface area contributed by atoms with E-state index in [2.05, 4.69) is 46.4 Å². The van der Waals surface area contributed by atoms with Crippen LogP contribution in [0.4, 0.5) is 11.6 Å². The van der Waals surface area contributed by atoms with Crippen LogP contribution in [0.2, 0.25) is 0 Å². The van der Waals surface area contributed by atoms with Crippen molar-refractivity contribution in [1.29, 1.82) is 0 Å². The Morgan fingerprint density at radius 3 is 2.43 bits per heavy atom. The molecule has 0 saturated carbocycles. The second-order valence-corrected chi connectivity index (χ2v) is 6.61. The highest BCUT2D eigenvalue weighted by Crippen LogP contribution is 2.22. The molecule has 0 fully saturated rings. The van der Waals surface area contributed by atoms with Crippen molar-refractivity contribution in [3.63, 3.8) is 0 Å². The first-order chi connectivity index (χ1) is 9.88. The highest BCUT2D eigenvalue weighted by atomic mass is 32.1. The normalized spacial score (nSPS) is 11.4. The molecule has 114 valence electrons. The Bertz CT molecular complexity index is 656. The highest BCUT2D eigenvalue weighted by molar-refractivity contribution is 7.07. The predicted molar refractivity (Wildman–Crippen MR) is 87.2 cm³/mol. The molecule has 0 spiro atoms. The van der Waals surface area contributed by atoms with Crippen molar-refractivity contribution in [2.75, 3.05) is 17.2 Å². The van der Waals surface area contributed by atoms with E-state index in [-0.39, 0.29) is 10.3 Å². The number of hydrogen-bond donors (Lipinski definition) is 3. The summed E-state index contributed by atoms with van der Waals surface area (Å²) < 4.78 is 0. The minimum Gasteiger partial charge on any atom is -0.370 e. The Kier molecular flexibility index (Phi) is 4.62. The predicted octanol–water partition coefficient (Wildman–Crippen LogP) is 2.57. The van der Waals surface area contributed by atoms with Crippen LogP contribution in [0.25, 0.3) is 0 Å². The Morgan fingerprint density at radius 2 is 1.90 bits per heavy atom. The Labute approximate surface area is 128 Å². The number of thiazole rings is 1. The number of aromatic nitrogens is 3. The van der Waals surface area contributed by atoms with Gasteiger partial charge in [-0.3, -0.25) is 4.79 Å². The minimum atomic E-state index is -0.126. The molecule has 0 unspecified atom stereocenters. The number of hydrogen-bond acceptors (Lipinski definition) is 6. The van der Waals surface area contributed by atoms with Gasteiger partial charge in [-0.15, -0.1) is 0 Å². The first kappa shape index (κ1) is 15.5. The lowest BCUT2D eigenvalue weighted by Crippen LogP contribution is -2.18. The molecule has 0 aliphatic heterocycles. The molecular formula is C14H21N5OS. The lowest BCUT2D eigenvalue weighted by atomic mass is 9.96. The molecule has 7 heteroatoms. The van der Waals surface area contributed by atoms with E-state index in [0.717, 1.165) is 41.0 Å². The summed E-state index contributed by atoms with van der Waals surface area (Å²) in [7, 11) is 0. The molecule has 0 radical (unpaired) electrons. The summed E-state index contributed by atoms with van der Waals surface area (Å²) >= 11 is 1.16. The van der Waals surface area contributed by atoms with Crippen molar-refractivity contribution in [3.05, 3.63) is 32.6 Å². The van der Waals surface area contributed by atoms with Crippen LogP contribution < -0.4 is 15.5 Å². The molecule has 2 aromatic heterocycles. The fourth-order valence-electron chi connectivity index (χ4n) is 1.73. The van der Waals surface area contributed by atoms with E-state index < -0.39 is 0 Å². The quantitative estimate of drug-likeness (QED) is 0.791. The fourth-order valence-corrected chi connectivity index (χ4v) is 2.31. The average molecular weight is 307 g/mol. The third-order valence-electron chi connectivity index (χ3n) is 2.79. The van der Waals surface area contributed by atoms with Gasteiger partial charge in [0, 0.05) is 29.1 Å². The zero-order chi connectivity index (χ0) is 15.5. The van der Waals surface area contributed by atoms with Crippen molar-refractivity contribution < 1.29 is 0 Å². The Hall–Kier alpha value is -1.89. The van der Waals surface area contributed by atoms with E-state index in [4.69, 9.17) is 0 Å². The summed E-state index contributed by atoms with van der Waals surface area (Å²) in [5.41, 5.74) is 0.726. The van der Waals surface area contributed by atoms with Crippen LogP contribution in [0.1, 0.15) is 39.2 Å². The Balaban J connectivity index is 2.21. The fraction of sp³-hybridized carbons (Fsp3) is 0.500. The lowest BCUT2D eigenvalue weighted by molar-refractivity contribution is 0.546. The topological polar surface area (TPSA) is 82.7 Å². The number of H-pyrrole nitrogens is 1. The van der Waals surface area contributed by atoms with Gasteiger partial charge in [-0.1, -0.05) is 32.1 Å². The lowest BCUT2D eigenvalue weighted by Gasteiger charge is -2.19. The van der Waals surface area contributed by atoms with Crippen LogP contribution in [-0.4, -0.2) is 21.5 Å². The van der Waals surface area contributed by atoms with Crippen LogP contribution in [0.15, 0.2) is 16.2 Å². The summed E-state index contributed by atoms with van der Waals surface area (Å²) in [6.07, 6.45) is 0. The van der Waals surface area contributed by atoms with Crippen LogP contribution in [0.3, 0.4) is 0 Å². The Morgan fingerprint density at radius 1 is 1.24 bits per heavy atom. The number of nitrogens with one attached hydrogen (secondary N) is 3. The van der Waals surface area contributed by atoms with Crippen molar-refractivity contribution in [1.82, 2.24) is 15.0 Å². The van der Waals surface area contributed by atoms with E-state index in [1.165, 1.54) is 0 Å². The molecule has 0 atom stereocenters. The van der Waals surface area contributed by atoms with Crippen LogP contribution in [0.5, 0.6) is 0 Å². The summed E-state index contributed by atoms with van der Waals surface area (Å²) in [5, 5.41) is 8.26. The number of nitrogens with zero attached hydrogens (tertiary/aromatic N) is 2. The zero-order valence-electron chi connectivity index (χ0n) is 12.8. The third kappa shape index (κ3) is 4.29. The van der Waals surface area contributed by atoms with Crippen molar-refractivity contribution in [2.45, 2.75) is 39.7 Å². The van der Waals surface area contributed by atoms with E-state index >= 15 is 0 Å². The molecule has 6 nitrogen and oxygen atoms in total. The minimum absolute atomic E-state index is 0.0433. The van der Waals surface area contributed by atoms with Gasteiger partial charge in [0.15, 0.2) is 0 Å². The van der Waals surface area contributed by atoms with Gasteiger partial charge < -0.3 is 15.6 Å². The summed E-state index contributed by atoms with van der Waals surface area (Å²) in [5.74, 6) is 2.33. The van der Waals surface area contributed by atoms with E-state index in [0.29, 0.717) is 6.54 Å². The third-order valence-corrected chi connectivity index (χ3v) is 3.50. The van der Waals surface area contributed by atoms with Gasteiger partial charge in [0.25, 0.3) is 0 Å². The SMILES string of the molecule is CCNc1cc(NCc2csc(=O)[nH]2)nc(C(C)(C)C)n1. The van der Waals surface area contributed by atoms with Crippen molar-refractivity contribution in [2.24, 2.45) is 0 Å². The van der Waals surface area contributed by atoms with E-state index in [1.54, 1.807) is 0 Å². The van der Waals surface area contributed by atoms with Gasteiger partial charge in [-0.25, -0.2) is 9.97 Å². The highest BCUT2D eigenvalue weighted by Gasteiger charge is 2.19. The molecule has 3 N–H and O–H groups in total. The van der Waals surface area contributed by atoms with Gasteiger partial charge in [0.1, 0.15) is 17.5 Å². The average Bonchev–Trinajstić information content (AvgIpc) is 2.81. The summed E-state index contributed by atoms with van der Waals surface area (Å²) in [4.78, 5) is 22.9. The van der Waals surface area contributed by atoms with Crippen LogP contribution in [0, 0.1) is 0 Å². The maximum atomic E-state index is 11.1. The van der Waals surface area contributed by atoms with Gasteiger partial charge in [-0.05, 0) is 6.92 Å². The molecule has 0 aliphatic rings. The monoisotopic (exact) mass is 307 g/mol. The van der Waals surface area contributed by atoms with Gasteiger partial charge in [0.05, 0.1) is 6.54 Å². The van der Waals surface area contributed by atoms with E-state index in [1.807, 2.05) is 18.4 Å². The molecule has 2 rings (SSSR count). The zero-order valence-corrected chi connectivity index (χ0v) is 13.6.